The first-order valence-corrected chi connectivity index (χ1v) is 11.6. The summed E-state index contributed by atoms with van der Waals surface area (Å²) in [4.78, 5) is 8.88. The van der Waals surface area contributed by atoms with Gasteiger partial charge in [0.15, 0.2) is 0 Å². The van der Waals surface area contributed by atoms with Gasteiger partial charge in [0, 0.05) is 23.6 Å². The van der Waals surface area contributed by atoms with Crippen molar-refractivity contribution in [3.8, 4) is 11.3 Å². The van der Waals surface area contributed by atoms with Crippen molar-refractivity contribution in [2.24, 2.45) is 0 Å². The maximum Gasteiger partial charge on any atom is 0.0183 e. The zero-order valence-electron chi connectivity index (χ0n) is 11.4. The second-order valence-corrected chi connectivity index (χ2v) is 4.69. The average Bonchev–Trinajstić information content (AvgIpc) is 2.63. The predicted molar refractivity (Wildman–Crippen MR) is 90.2 cm³/mol. The summed E-state index contributed by atoms with van der Waals surface area (Å²) in [7, 11) is 0. The molecule has 0 amide bonds. The van der Waals surface area contributed by atoms with E-state index in [0.29, 0.717) is 0 Å². The third-order valence-electron chi connectivity index (χ3n) is 3.44. The van der Waals surface area contributed by atoms with E-state index in [-0.39, 0.29) is 0 Å². The number of halogens is 1. The number of hydrogen-bond donors (Lipinski definition) is 0. The van der Waals surface area contributed by atoms with Crippen molar-refractivity contribution >= 4 is 35.0 Å². The van der Waals surface area contributed by atoms with E-state index in [9.17, 15) is 0 Å². The molecule has 4 heteroatoms. The fourth-order valence-corrected chi connectivity index (χ4v) is 2.45. The fourth-order valence-electron chi connectivity index (χ4n) is 2.45. The molecule has 2 nitrogen and oxygen atoms in total. The third kappa shape index (κ3) is 2.97. The molecule has 0 radical (unpaired) electrons. The third-order valence-corrected chi connectivity index (χ3v) is 3.44. The Balaban J connectivity index is 0.000000693. The van der Waals surface area contributed by atoms with Crippen molar-refractivity contribution in [3.05, 3.63) is 73.1 Å². The van der Waals surface area contributed by atoms with Gasteiger partial charge in [-0.15, -0.1) is 18.2 Å². The Morgan fingerprint density at radius 3 is 2.36 bits per heavy atom. The van der Waals surface area contributed by atoms with E-state index in [4.69, 9.17) is 0 Å². The summed E-state index contributed by atoms with van der Waals surface area (Å²) < 4.78 is 0. The van der Waals surface area contributed by atoms with Crippen LogP contribution in [0.2, 0.25) is 0 Å². The molecule has 4 aromatic rings. The Morgan fingerprint density at radius 2 is 1.55 bits per heavy atom. The van der Waals surface area contributed by atoms with Crippen LogP contribution in [0.15, 0.2) is 67.0 Å². The molecule has 0 unspecified atom stereocenters. The first-order chi connectivity index (χ1) is 10.9. The van der Waals surface area contributed by atoms with Crippen LogP contribution in [0.3, 0.4) is 0 Å². The van der Waals surface area contributed by atoms with Gasteiger partial charge in [0.2, 0.25) is 0 Å². The number of benzene rings is 2. The molecule has 0 spiro atoms. The maximum atomic E-state index is 4.49. The van der Waals surface area contributed by atoms with Gasteiger partial charge in [0.25, 0.3) is 0 Å². The van der Waals surface area contributed by atoms with Crippen molar-refractivity contribution in [2.75, 3.05) is 0 Å². The molecule has 0 saturated heterocycles. The van der Waals surface area contributed by atoms with Crippen molar-refractivity contribution in [2.45, 2.75) is 0 Å². The SMILES string of the molecule is [Br][Pt+].[c-]1c(-c2ccccn2)ccc2ccc3cccnc3c12. The molecule has 22 heavy (non-hydrogen) atoms. The molecule has 2 aromatic heterocycles. The van der Waals surface area contributed by atoms with Crippen LogP contribution in [0.25, 0.3) is 32.9 Å². The van der Waals surface area contributed by atoms with Gasteiger partial charge in [0.1, 0.15) is 0 Å². The smallest absolute Gasteiger partial charge is 0.0183 e. The predicted octanol–water partition coefficient (Wildman–Crippen LogP) is 5.09. The van der Waals surface area contributed by atoms with Gasteiger partial charge in [-0.05, 0) is 17.5 Å². The van der Waals surface area contributed by atoms with Crippen LogP contribution in [0, 0.1) is 6.07 Å². The molecule has 0 fully saturated rings. The second-order valence-electron chi connectivity index (χ2n) is 4.69. The topological polar surface area (TPSA) is 25.8 Å². The molecule has 0 saturated carbocycles. The molecule has 2 heterocycles. The quantitative estimate of drug-likeness (QED) is 0.253. The van der Waals surface area contributed by atoms with Gasteiger partial charge in [0.05, 0.1) is 0 Å². The monoisotopic (exact) mass is 529 g/mol. The van der Waals surface area contributed by atoms with Crippen LogP contribution in [0.1, 0.15) is 0 Å². The molecular weight excluding hydrogens is 519 g/mol. The Labute approximate surface area is 146 Å². The number of aromatic nitrogens is 2. The zero-order chi connectivity index (χ0) is 15.4. The number of rotatable bonds is 1. The van der Waals surface area contributed by atoms with Crippen LogP contribution in [-0.4, -0.2) is 9.97 Å². The van der Waals surface area contributed by atoms with E-state index >= 15 is 0 Å². The number of nitrogens with zero attached hydrogens (tertiary/aromatic N) is 2. The maximum absolute atomic E-state index is 4.49. The molecule has 110 valence electrons. The van der Waals surface area contributed by atoms with Crippen molar-refractivity contribution < 1.29 is 17.8 Å². The molecule has 0 atom stereocenters. The van der Waals surface area contributed by atoms with E-state index in [1.165, 1.54) is 0 Å². The van der Waals surface area contributed by atoms with E-state index in [2.05, 4.69) is 59.7 Å². The van der Waals surface area contributed by atoms with E-state index in [1.807, 2.05) is 48.2 Å². The number of hydrogen-bond acceptors (Lipinski definition) is 2. The normalized spacial score (nSPS) is 10.3. The largest absolute Gasteiger partial charge is 0.295 e. The Morgan fingerprint density at radius 1 is 0.773 bits per heavy atom. The summed E-state index contributed by atoms with van der Waals surface area (Å²) in [5.74, 6) is 0. The molecular formula is C18H11BrN2Pt. The standard InChI is InChI=1S/C18H11N2.BrH.Pt/c1-2-10-19-17(5-1)15-9-7-13-6-8-14-4-3-11-20-18(14)16(13)12-15;;/h1-11H;1H;/q-1;;+2/p-1. The van der Waals surface area contributed by atoms with Crippen LogP contribution in [-0.2, 0) is 17.8 Å². The second kappa shape index (κ2) is 7.13. The minimum absolute atomic E-state index is 0.933. The van der Waals surface area contributed by atoms with Gasteiger partial charge in [-0.25, -0.2) is 0 Å². The summed E-state index contributed by atoms with van der Waals surface area (Å²) in [5, 5.41) is 3.33. The van der Waals surface area contributed by atoms with Crippen molar-refractivity contribution in [1.29, 1.82) is 0 Å². The zero-order valence-corrected chi connectivity index (χ0v) is 15.3. The summed E-state index contributed by atoms with van der Waals surface area (Å²) >= 11 is 4.86. The first kappa shape index (κ1) is 15.3. The summed E-state index contributed by atoms with van der Waals surface area (Å²) in [5.41, 5.74) is 2.92. The van der Waals surface area contributed by atoms with Gasteiger partial charge in [-0.3, -0.25) is 9.97 Å². The van der Waals surface area contributed by atoms with Gasteiger partial charge in [-0.2, -0.15) is 0 Å². The Kier molecular flexibility index (Phi) is 4.97. The first-order valence-electron chi connectivity index (χ1n) is 6.65. The number of pyridine rings is 2. The van der Waals surface area contributed by atoms with Gasteiger partial charge >= 0.3 is 31.1 Å². The van der Waals surface area contributed by atoms with Gasteiger partial charge in [-0.1, -0.05) is 46.7 Å². The molecule has 0 N–H and O–H groups in total. The summed E-state index contributed by atoms with van der Waals surface area (Å²) in [6.45, 7) is 0. The average molecular weight is 530 g/mol. The van der Waals surface area contributed by atoms with Crippen LogP contribution in [0.5, 0.6) is 0 Å². The Hall–Kier alpha value is -1.57. The van der Waals surface area contributed by atoms with E-state index in [0.717, 1.165) is 32.9 Å². The molecule has 0 aliphatic heterocycles. The van der Waals surface area contributed by atoms with Crippen LogP contribution >= 0.6 is 13.3 Å². The fraction of sp³-hybridized carbons (Fsp3) is 0. The Bertz CT molecular complexity index is 910. The molecule has 0 aliphatic rings. The van der Waals surface area contributed by atoms with Crippen molar-refractivity contribution in [3.63, 3.8) is 0 Å². The molecule has 0 bridgehead atoms. The molecule has 2 aromatic carbocycles. The minimum Gasteiger partial charge on any atom is -0.295 e. The minimum atomic E-state index is 0.933. The van der Waals surface area contributed by atoms with Crippen molar-refractivity contribution in [1.82, 2.24) is 9.97 Å². The van der Waals surface area contributed by atoms with Gasteiger partial charge < -0.3 is 0 Å². The molecule has 0 aliphatic carbocycles. The van der Waals surface area contributed by atoms with E-state index in [1.54, 1.807) is 6.20 Å². The molecule has 4 rings (SSSR count). The number of fused-ring (bicyclic) bond motifs is 3. The van der Waals surface area contributed by atoms with Crippen LogP contribution < -0.4 is 0 Å². The summed E-state index contributed by atoms with van der Waals surface area (Å²) in [6, 6.07) is 21.8. The van der Waals surface area contributed by atoms with E-state index < -0.39 is 0 Å². The summed E-state index contributed by atoms with van der Waals surface area (Å²) in [6.07, 6.45) is 3.62. The van der Waals surface area contributed by atoms with Crippen LogP contribution in [0.4, 0.5) is 0 Å².